The van der Waals surface area contributed by atoms with Crippen molar-refractivity contribution in [3.8, 4) is 0 Å². The third kappa shape index (κ3) is 2.67. The van der Waals surface area contributed by atoms with Crippen LogP contribution in [-0.2, 0) is 17.8 Å². The molecule has 1 amide bonds. The summed E-state index contributed by atoms with van der Waals surface area (Å²) < 4.78 is 0. The number of aryl methyl sites for hydroxylation is 1. The summed E-state index contributed by atoms with van der Waals surface area (Å²) in [4.78, 5) is 14.7. The predicted octanol–water partition coefficient (Wildman–Crippen LogP) is 2.06. The number of nitrogen functional groups attached to an aromatic ring is 1. The molecule has 1 aromatic heterocycles. The number of nitrogens with zero attached hydrogens (tertiary/aromatic N) is 3. The van der Waals surface area contributed by atoms with E-state index >= 15 is 0 Å². The van der Waals surface area contributed by atoms with E-state index in [2.05, 4.69) is 41.4 Å². The number of anilines is 1. The number of hydrogen-bond donors (Lipinski definition) is 1. The summed E-state index contributed by atoms with van der Waals surface area (Å²) in [5, 5.41) is 8.03. The first-order chi connectivity index (χ1) is 11.1. The molecule has 0 bridgehead atoms. The van der Waals surface area contributed by atoms with Crippen LogP contribution >= 0.6 is 0 Å². The molecule has 1 saturated carbocycles. The van der Waals surface area contributed by atoms with Crippen LogP contribution in [0.5, 0.6) is 0 Å². The number of aromatic nitrogens is 2. The minimum atomic E-state index is 0.130. The average molecular weight is 308 g/mol. The van der Waals surface area contributed by atoms with Gasteiger partial charge in [-0.15, -0.1) is 5.10 Å². The van der Waals surface area contributed by atoms with Crippen LogP contribution in [0.3, 0.4) is 0 Å². The number of nitrogens with two attached hydrogens (primary N) is 1. The number of carbonyl (C=O) groups is 1. The van der Waals surface area contributed by atoms with Gasteiger partial charge in [0.2, 0.25) is 5.91 Å². The van der Waals surface area contributed by atoms with Gasteiger partial charge in [-0.05, 0) is 36.5 Å². The molecular weight excluding hydrogens is 288 g/mol. The van der Waals surface area contributed by atoms with Crippen molar-refractivity contribution in [3.05, 3.63) is 52.7 Å². The number of hydrogen-bond acceptors (Lipinski definition) is 4. The van der Waals surface area contributed by atoms with Crippen molar-refractivity contribution in [2.45, 2.75) is 32.2 Å². The minimum absolute atomic E-state index is 0.130. The molecule has 2 aliphatic rings. The first-order valence-corrected chi connectivity index (χ1v) is 8.08. The summed E-state index contributed by atoms with van der Waals surface area (Å²) in [5.74, 6) is 1.19. The second kappa shape index (κ2) is 5.33. The summed E-state index contributed by atoms with van der Waals surface area (Å²) in [6.45, 7) is 3.42. The first kappa shape index (κ1) is 14.2. The van der Waals surface area contributed by atoms with E-state index in [1.165, 1.54) is 11.1 Å². The monoisotopic (exact) mass is 308 g/mol. The molecule has 1 aliphatic heterocycles. The summed E-state index contributed by atoms with van der Waals surface area (Å²) in [7, 11) is 0. The zero-order valence-corrected chi connectivity index (χ0v) is 13.2. The van der Waals surface area contributed by atoms with Crippen molar-refractivity contribution in [2.75, 3.05) is 12.3 Å². The highest BCUT2D eigenvalue weighted by Gasteiger charge is 2.46. The lowest BCUT2D eigenvalue weighted by Gasteiger charge is -2.28. The molecule has 0 spiro atoms. The molecular formula is C18H20N4O. The first-order valence-electron chi connectivity index (χ1n) is 8.08. The molecule has 2 N–H and O–H groups in total. The van der Waals surface area contributed by atoms with Gasteiger partial charge in [-0.25, -0.2) is 0 Å². The molecule has 5 nitrogen and oxygen atoms in total. The van der Waals surface area contributed by atoms with E-state index in [1.807, 2.05) is 11.0 Å². The van der Waals surface area contributed by atoms with Crippen LogP contribution in [0.1, 0.15) is 34.7 Å². The Morgan fingerprint density at radius 1 is 1.30 bits per heavy atom. The summed E-state index contributed by atoms with van der Waals surface area (Å²) in [5.41, 5.74) is 10.2. The lowest BCUT2D eigenvalue weighted by Crippen LogP contribution is -2.37. The molecule has 5 heteroatoms. The largest absolute Gasteiger partial charge is 0.382 e. The van der Waals surface area contributed by atoms with E-state index in [9.17, 15) is 4.79 Å². The fraction of sp³-hybridized carbons (Fsp3) is 0.389. The third-order valence-corrected chi connectivity index (χ3v) is 4.85. The Bertz CT molecular complexity index is 773. The average Bonchev–Trinajstić information content (AvgIpc) is 3.34. The number of amides is 1. The molecule has 1 aromatic carbocycles. The van der Waals surface area contributed by atoms with Gasteiger partial charge in [0.05, 0.1) is 5.69 Å². The highest BCUT2D eigenvalue weighted by Crippen LogP contribution is 2.48. The fourth-order valence-corrected chi connectivity index (χ4v) is 3.51. The van der Waals surface area contributed by atoms with Crippen molar-refractivity contribution in [1.29, 1.82) is 0 Å². The van der Waals surface area contributed by atoms with Crippen molar-refractivity contribution in [3.63, 3.8) is 0 Å². The van der Waals surface area contributed by atoms with Crippen LogP contribution in [0.25, 0.3) is 0 Å². The smallest absolute Gasteiger partial charge is 0.226 e. The van der Waals surface area contributed by atoms with Crippen LogP contribution in [0.15, 0.2) is 30.3 Å². The summed E-state index contributed by atoms with van der Waals surface area (Å²) in [6.07, 6.45) is 1.72. The summed E-state index contributed by atoms with van der Waals surface area (Å²) in [6, 6.07) is 10.3. The van der Waals surface area contributed by atoms with E-state index in [-0.39, 0.29) is 11.8 Å². The normalized spacial score (nSPS) is 22.6. The van der Waals surface area contributed by atoms with Gasteiger partial charge < -0.3 is 10.6 Å². The molecule has 2 atom stereocenters. The second-order valence-corrected chi connectivity index (χ2v) is 6.61. The molecule has 0 radical (unpaired) electrons. The number of fused-ring (bicyclic) bond motifs is 1. The van der Waals surface area contributed by atoms with Gasteiger partial charge >= 0.3 is 0 Å². The molecule has 2 heterocycles. The van der Waals surface area contributed by atoms with Crippen molar-refractivity contribution >= 4 is 11.7 Å². The lowest BCUT2D eigenvalue weighted by molar-refractivity contribution is -0.133. The van der Waals surface area contributed by atoms with Gasteiger partial charge in [-0.1, -0.05) is 29.8 Å². The van der Waals surface area contributed by atoms with E-state index in [0.717, 1.165) is 30.6 Å². The van der Waals surface area contributed by atoms with Gasteiger partial charge in [-0.2, -0.15) is 5.10 Å². The molecule has 0 saturated heterocycles. The number of carbonyl (C=O) groups excluding carboxylic acids is 1. The van der Waals surface area contributed by atoms with E-state index in [0.29, 0.717) is 18.3 Å². The zero-order valence-electron chi connectivity index (χ0n) is 13.2. The van der Waals surface area contributed by atoms with Gasteiger partial charge in [0.25, 0.3) is 0 Å². The molecule has 23 heavy (non-hydrogen) atoms. The quantitative estimate of drug-likeness (QED) is 0.921. The maximum absolute atomic E-state index is 12.8. The highest BCUT2D eigenvalue weighted by atomic mass is 16.2. The SMILES string of the molecule is Cc1cccc([C@H]2C[C@@H]2C(=O)N2CCc3nnc(N)cc3C2)c1. The second-order valence-electron chi connectivity index (χ2n) is 6.61. The Morgan fingerprint density at radius 2 is 2.17 bits per heavy atom. The molecule has 4 rings (SSSR count). The molecule has 1 aliphatic carbocycles. The van der Waals surface area contributed by atoms with Crippen LogP contribution in [0, 0.1) is 12.8 Å². The molecule has 118 valence electrons. The van der Waals surface area contributed by atoms with Gasteiger partial charge in [0, 0.05) is 25.4 Å². The van der Waals surface area contributed by atoms with Crippen molar-refractivity contribution in [2.24, 2.45) is 5.92 Å². The highest BCUT2D eigenvalue weighted by molar-refractivity contribution is 5.83. The third-order valence-electron chi connectivity index (χ3n) is 4.85. The number of rotatable bonds is 2. The van der Waals surface area contributed by atoms with Crippen LogP contribution in [-0.4, -0.2) is 27.5 Å². The number of benzene rings is 1. The standard InChI is InChI=1S/C18H20N4O/c1-11-3-2-4-12(7-11)14-9-15(14)18(23)22-6-5-16-13(10-22)8-17(19)21-20-16/h2-4,7-8,14-15H,5-6,9-10H2,1H3,(H2,19,21)/t14-,15+/m1/s1. The van der Waals surface area contributed by atoms with Crippen molar-refractivity contribution < 1.29 is 4.79 Å². The Morgan fingerprint density at radius 3 is 3.00 bits per heavy atom. The Balaban J connectivity index is 1.47. The van der Waals surface area contributed by atoms with Gasteiger partial charge in [-0.3, -0.25) is 4.79 Å². The Hall–Kier alpha value is -2.43. The van der Waals surface area contributed by atoms with Crippen LogP contribution < -0.4 is 5.73 Å². The lowest BCUT2D eigenvalue weighted by atomic mass is 10.0. The van der Waals surface area contributed by atoms with Crippen LogP contribution in [0.4, 0.5) is 5.82 Å². The topological polar surface area (TPSA) is 72.1 Å². The Kier molecular flexibility index (Phi) is 3.29. The van der Waals surface area contributed by atoms with E-state index in [1.54, 1.807) is 0 Å². The predicted molar refractivity (Wildman–Crippen MR) is 87.6 cm³/mol. The minimum Gasteiger partial charge on any atom is -0.382 e. The van der Waals surface area contributed by atoms with Gasteiger partial charge in [0.15, 0.2) is 0 Å². The van der Waals surface area contributed by atoms with E-state index < -0.39 is 0 Å². The maximum atomic E-state index is 12.8. The van der Waals surface area contributed by atoms with Crippen LogP contribution in [0.2, 0.25) is 0 Å². The molecule has 2 aromatic rings. The zero-order chi connectivity index (χ0) is 16.0. The Labute approximate surface area is 135 Å². The molecule has 1 fully saturated rings. The fourth-order valence-electron chi connectivity index (χ4n) is 3.51. The van der Waals surface area contributed by atoms with E-state index in [4.69, 9.17) is 5.73 Å². The van der Waals surface area contributed by atoms with Gasteiger partial charge in [0.1, 0.15) is 5.82 Å². The molecule has 0 unspecified atom stereocenters. The maximum Gasteiger partial charge on any atom is 0.226 e. The summed E-state index contributed by atoms with van der Waals surface area (Å²) >= 11 is 0. The van der Waals surface area contributed by atoms with Crippen molar-refractivity contribution in [1.82, 2.24) is 15.1 Å².